The molecule has 1 nitrogen and oxygen atoms in total. The van der Waals surface area contributed by atoms with Crippen LogP contribution in [-0.4, -0.2) is 12.4 Å². The molecule has 2 atom stereocenters. The zero-order valence-corrected chi connectivity index (χ0v) is 8.15. The molecule has 0 amide bonds. The first kappa shape index (κ1) is 12.9. The van der Waals surface area contributed by atoms with Gasteiger partial charge < -0.3 is 5.73 Å². The van der Waals surface area contributed by atoms with Crippen molar-refractivity contribution >= 4 is 0 Å². The molecule has 0 aromatic rings. The van der Waals surface area contributed by atoms with E-state index >= 15 is 0 Å². The smallest absolute Gasteiger partial charge is 0.402 e. The Bertz CT molecular complexity index is 335. The fourth-order valence-corrected chi connectivity index (χ4v) is 1.46. The lowest BCUT2D eigenvalue weighted by molar-refractivity contribution is -0.171. The largest absolute Gasteiger partial charge is 0.416 e. The van der Waals surface area contributed by atoms with Crippen LogP contribution in [0.5, 0.6) is 0 Å². The van der Waals surface area contributed by atoms with E-state index in [1.165, 1.54) is 0 Å². The number of nitrogens with two attached hydrogens (primary N) is 1. The normalized spacial score (nSPS) is 27.4. The Morgan fingerprint density at radius 1 is 1.12 bits per heavy atom. The van der Waals surface area contributed by atoms with Crippen molar-refractivity contribution in [3.8, 4) is 0 Å². The van der Waals surface area contributed by atoms with Gasteiger partial charge in [0, 0.05) is 11.6 Å². The molecule has 0 heterocycles. The Morgan fingerprint density at radius 2 is 1.62 bits per heavy atom. The molecule has 92 valence electrons. The van der Waals surface area contributed by atoms with Crippen molar-refractivity contribution in [3.05, 3.63) is 23.4 Å². The molecule has 1 rings (SSSR count). The van der Waals surface area contributed by atoms with E-state index < -0.39 is 35.5 Å². The zero-order chi connectivity index (χ0) is 12.7. The molecule has 2 unspecified atom stereocenters. The molecular weight excluding hydrogens is 236 g/mol. The highest BCUT2D eigenvalue weighted by atomic mass is 19.4. The van der Waals surface area contributed by atoms with Gasteiger partial charge in [0.05, 0.1) is 11.5 Å². The molecule has 0 bridgehead atoms. The Labute approximate surface area is 87.6 Å². The Balaban J connectivity index is 3.15. The molecule has 2 N–H and O–H groups in total. The SMILES string of the molecule is CC1C(N)=CC(C(F)(F)F)=CC1C(F)(F)F. The first-order chi connectivity index (χ1) is 7.03. The molecule has 0 spiro atoms. The summed E-state index contributed by atoms with van der Waals surface area (Å²) < 4.78 is 74.1. The molecule has 1 aliphatic carbocycles. The second kappa shape index (κ2) is 3.71. The number of allylic oxidation sites excluding steroid dienone is 4. The second-order valence-corrected chi connectivity index (χ2v) is 3.62. The van der Waals surface area contributed by atoms with Crippen LogP contribution in [0.4, 0.5) is 26.3 Å². The highest BCUT2D eigenvalue weighted by Gasteiger charge is 2.47. The van der Waals surface area contributed by atoms with Gasteiger partial charge in [0.25, 0.3) is 0 Å². The molecule has 0 aromatic carbocycles. The number of alkyl halides is 6. The maximum atomic E-state index is 12.4. The van der Waals surface area contributed by atoms with E-state index in [0.29, 0.717) is 6.08 Å². The molecule has 16 heavy (non-hydrogen) atoms. The average molecular weight is 245 g/mol. The minimum absolute atomic E-state index is 0.182. The van der Waals surface area contributed by atoms with Crippen LogP contribution in [0, 0.1) is 11.8 Å². The Kier molecular flexibility index (Phi) is 3.00. The van der Waals surface area contributed by atoms with Gasteiger partial charge in [-0.1, -0.05) is 13.0 Å². The molecule has 0 aromatic heterocycles. The van der Waals surface area contributed by atoms with Crippen LogP contribution in [0.2, 0.25) is 0 Å². The van der Waals surface area contributed by atoms with Crippen LogP contribution in [0.3, 0.4) is 0 Å². The molecule has 0 fully saturated rings. The molecule has 1 aliphatic rings. The highest BCUT2D eigenvalue weighted by molar-refractivity contribution is 5.33. The zero-order valence-electron chi connectivity index (χ0n) is 8.15. The molecule has 0 saturated heterocycles. The minimum Gasteiger partial charge on any atom is -0.402 e. The van der Waals surface area contributed by atoms with Crippen LogP contribution in [0.15, 0.2) is 23.4 Å². The van der Waals surface area contributed by atoms with E-state index in [0.717, 1.165) is 6.92 Å². The molecular formula is C9H9F6N. The number of rotatable bonds is 0. The predicted molar refractivity (Wildman–Crippen MR) is 45.1 cm³/mol. The Morgan fingerprint density at radius 3 is 2.00 bits per heavy atom. The predicted octanol–water partition coefficient (Wildman–Crippen LogP) is 3.15. The van der Waals surface area contributed by atoms with E-state index in [-0.39, 0.29) is 6.08 Å². The third-order valence-electron chi connectivity index (χ3n) is 2.45. The van der Waals surface area contributed by atoms with Crippen molar-refractivity contribution in [3.63, 3.8) is 0 Å². The summed E-state index contributed by atoms with van der Waals surface area (Å²) in [6.07, 6.45) is -8.81. The maximum absolute atomic E-state index is 12.4. The van der Waals surface area contributed by atoms with Crippen molar-refractivity contribution in [2.24, 2.45) is 17.6 Å². The van der Waals surface area contributed by atoms with Crippen LogP contribution >= 0.6 is 0 Å². The molecule has 7 heteroatoms. The summed E-state index contributed by atoms with van der Waals surface area (Å²) in [6, 6.07) is 0. The second-order valence-electron chi connectivity index (χ2n) is 3.62. The summed E-state index contributed by atoms with van der Waals surface area (Å²) in [5, 5.41) is 0. The number of hydrogen-bond donors (Lipinski definition) is 1. The lowest BCUT2D eigenvalue weighted by atomic mass is 9.84. The van der Waals surface area contributed by atoms with Crippen LogP contribution in [0.1, 0.15) is 6.92 Å². The van der Waals surface area contributed by atoms with Gasteiger partial charge >= 0.3 is 12.4 Å². The van der Waals surface area contributed by atoms with Crippen molar-refractivity contribution in [1.82, 2.24) is 0 Å². The van der Waals surface area contributed by atoms with Crippen molar-refractivity contribution < 1.29 is 26.3 Å². The first-order valence-electron chi connectivity index (χ1n) is 4.36. The van der Waals surface area contributed by atoms with Gasteiger partial charge in [-0.05, 0) is 6.08 Å². The van der Waals surface area contributed by atoms with E-state index in [4.69, 9.17) is 5.73 Å². The summed E-state index contributed by atoms with van der Waals surface area (Å²) in [6.45, 7) is 1.15. The van der Waals surface area contributed by atoms with E-state index in [1.54, 1.807) is 0 Å². The Hall–Kier alpha value is -1.14. The summed E-state index contributed by atoms with van der Waals surface area (Å²) in [4.78, 5) is 0. The standard InChI is InChI=1S/C9H9F6N/c1-4-6(9(13,14)15)2-5(3-7(4)16)8(10,11)12/h2-4,6H,16H2,1H3. The first-order valence-corrected chi connectivity index (χ1v) is 4.36. The monoisotopic (exact) mass is 245 g/mol. The third-order valence-corrected chi connectivity index (χ3v) is 2.45. The van der Waals surface area contributed by atoms with Gasteiger partial charge in [-0.3, -0.25) is 0 Å². The van der Waals surface area contributed by atoms with Crippen LogP contribution in [0.25, 0.3) is 0 Å². The van der Waals surface area contributed by atoms with Gasteiger partial charge in [0.2, 0.25) is 0 Å². The summed E-state index contributed by atoms with van der Waals surface area (Å²) in [7, 11) is 0. The van der Waals surface area contributed by atoms with Crippen molar-refractivity contribution in [1.29, 1.82) is 0 Å². The lowest BCUT2D eigenvalue weighted by Gasteiger charge is -2.28. The topological polar surface area (TPSA) is 26.0 Å². The van der Waals surface area contributed by atoms with Crippen LogP contribution < -0.4 is 5.73 Å². The van der Waals surface area contributed by atoms with E-state index in [9.17, 15) is 26.3 Å². The van der Waals surface area contributed by atoms with Gasteiger partial charge in [-0.25, -0.2) is 0 Å². The van der Waals surface area contributed by atoms with E-state index in [2.05, 4.69) is 0 Å². The fraction of sp³-hybridized carbons (Fsp3) is 0.556. The molecule has 0 aliphatic heterocycles. The summed E-state index contributed by atoms with van der Waals surface area (Å²) >= 11 is 0. The van der Waals surface area contributed by atoms with Gasteiger partial charge in [0.15, 0.2) is 0 Å². The summed E-state index contributed by atoms with van der Waals surface area (Å²) in [5.41, 5.74) is 3.43. The van der Waals surface area contributed by atoms with Crippen molar-refractivity contribution in [2.75, 3.05) is 0 Å². The maximum Gasteiger partial charge on any atom is 0.416 e. The van der Waals surface area contributed by atoms with Gasteiger partial charge in [-0.2, -0.15) is 26.3 Å². The third kappa shape index (κ3) is 2.51. The highest BCUT2D eigenvalue weighted by Crippen LogP contribution is 2.42. The minimum atomic E-state index is -4.81. The van der Waals surface area contributed by atoms with Gasteiger partial charge in [0.1, 0.15) is 0 Å². The van der Waals surface area contributed by atoms with Crippen LogP contribution in [-0.2, 0) is 0 Å². The average Bonchev–Trinajstić information content (AvgIpc) is 2.05. The van der Waals surface area contributed by atoms with Gasteiger partial charge in [-0.15, -0.1) is 0 Å². The summed E-state index contributed by atoms with van der Waals surface area (Å²) in [5.74, 6) is -3.36. The van der Waals surface area contributed by atoms with Crippen molar-refractivity contribution in [2.45, 2.75) is 19.3 Å². The quantitative estimate of drug-likeness (QED) is 0.652. The van der Waals surface area contributed by atoms with E-state index in [1.807, 2.05) is 0 Å². The molecule has 0 radical (unpaired) electrons. The number of halogens is 6. The lowest BCUT2D eigenvalue weighted by Crippen LogP contribution is -2.34. The fourth-order valence-electron chi connectivity index (χ4n) is 1.46. The number of hydrogen-bond acceptors (Lipinski definition) is 1. The molecule has 0 saturated carbocycles.